The van der Waals surface area contributed by atoms with E-state index >= 15 is 0 Å². The van der Waals surface area contributed by atoms with Crippen LogP contribution in [0.2, 0.25) is 0 Å². The largest absolute Gasteiger partial charge is 0.381 e. The Kier molecular flexibility index (Phi) is 10.0. The highest BCUT2D eigenvalue weighted by atomic mass is 127. The van der Waals surface area contributed by atoms with Crippen LogP contribution < -0.4 is 10.6 Å². The Labute approximate surface area is 148 Å². The molecule has 4 nitrogen and oxygen atoms in total. The van der Waals surface area contributed by atoms with E-state index in [2.05, 4.69) is 40.1 Å². The standard InChI is InChI=1S/C15H25N3OS.HI/c1-2-16-15(18-11-14-5-3-10-20-14)17-8-4-9-19-12-13-6-7-13;/h3,5,10,13H,2,4,6-9,11-12H2,1H3,(H2,16,17,18);1H. The van der Waals surface area contributed by atoms with Gasteiger partial charge in [-0.05, 0) is 43.6 Å². The van der Waals surface area contributed by atoms with Crippen LogP contribution in [0.5, 0.6) is 0 Å². The molecule has 1 saturated carbocycles. The maximum atomic E-state index is 5.62. The van der Waals surface area contributed by atoms with Gasteiger partial charge in [-0.3, -0.25) is 0 Å². The summed E-state index contributed by atoms with van der Waals surface area (Å²) in [6.07, 6.45) is 3.74. The first-order valence-electron chi connectivity index (χ1n) is 7.50. The van der Waals surface area contributed by atoms with E-state index in [0.717, 1.165) is 51.1 Å². The average Bonchev–Trinajstić information content (AvgIpc) is 3.13. The Morgan fingerprint density at radius 2 is 2.29 bits per heavy atom. The highest BCUT2D eigenvalue weighted by Crippen LogP contribution is 2.28. The van der Waals surface area contributed by atoms with Gasteiger partial charge in [0.2, 0.25) is 0 Å². The molecule has 0 atom stereocenters. The molecule has 0 radical (unpaired) electrons. The average molecular weight is 423 g/mol. The number of halogens is 1. The maximum absolute atomic E-state index is 5.62. The Hall–Kier alpha value is -0.340. The van der Waals surface area contributed by atoms with Gasteiger partial charge in [-0.1, -0.05) is 6.07 Å². The SMILES string of the molecule is CCNC(=NCc1cccs1)NCCCOCC1CC1.I. The van der Waals surface area contributed by atoms with Crippen molar-refractivity contribution >= 4 is 41.3 Å². The zero-order valence-corrected chi connectivity index (χ0v) is 15.8. The lowest BCUT2D eigenvalue weighted by Gasteiger charge is -2.11. The molecule has 1 fully saturated rings. The van der Waals surface area contributed by atoms with Crippen LogP contribution in [0.15, 0.2) is 22.5 Å². The van der Waals surface area contributed by atoms with E-state index in [4.69, 9.17) is 4.74 Å². The van der Waals surface area contributed by atoms with Gasteiger partial charge in [0, 0.05) is 31.2 Å². The summed E-state index contributed by atoms with van der Waals surface area (Å²) in [5.41, 5.74) is 0. The van der Waals surface area contributed by atoms with Crippen molar-refractivity contribution in [2.45, 2.75) is 32.7 Å². The molecule has 1 aliphatic carbocycles. The summed E-state index contributed by atoms with van der Waals surface area (Å²) in [5, 5.41) is 8.70. The van der Waals surface area contributed by atoms with Crippen LogP contribution in [0.25, 0.3) is 0 Å². The van der Waals surface area contributed by atoms with E-state index in [1.165, 1.54) is 17.7 Å². The molecule has 2 rings (SSSR count). The van der Waals surface area contributed by atoms with Crippen molar-refractivity contribution in [3.05, 3.63) is 22.4 Å². The second-order valence-corrected chi connectivity index (χ2v) is 6.11. The molecule has 1 heterocycles. The van der Waals surface area contributed by atoms with E-state index in [9.17, 15) is 0 Å². The van der Waals surface area contributed by atoms with Crippen LogP contribution in [-0.4, -0.2) is 32.3 Å². The van der Waals surface area contributed by atoms with Gasteiger partial charge in [0.05, 0.1) is 6.54 Å². The summed E-state index contributed by atoms with van der Waals surface area (Å²) in [5.74, 6) is 1.75. The topological polar surface area (TPSA) is 45.7 Å². The lowest BCUT2D eigenvalue weighted by Crippen LogP contribution is -2.38. The van der Waals surface area contributed by atoms with Gasteiger partial charge in [0.1, 0.15) is 0 Å². The Balaban J connectivity index is 0.00000220. The highest BCUT2D eigenvalue weighted by Gasteiger charge is 2.20. The molecule has 0 spiro atoms. The monoisotopic (exact) mass is 423 g/mol. The summed E-state index contributed by atoms with van der Waals surface area (Å²) in [4.78, 5) is 5.86. The van der Waals surface area contributed by atoms with Crippen LogP contribution in [0.3, 0.4) is 0 Å². The molecule has 2 N–H and O–H groups in total. The number of ether oxygens (including phenoxy) is 1. The van der Waals surface area contributed by atoms with Crippen LogP contribution in [-0.2, 0) is 11.3 Å². The number of aliphatic imine (C=N–C) groups is 1. The van der Waals surface area contributed by atoms with Crippen LogP contribution >= 0.6 is 35.3 Å². The summed E-state index contributed by atoms with van der Waals surface area (Å²) < 4.78 is 5.62. The van der Waals surface area contributed by atoms with E-state index in [1.807, 2.05) is 0 Å². The number of hydrogen-bond donors (Lipinski definition) is 2. The fraction of sp³-hybridized carbons (Fsp3) is 0.667. The molecule has 0 unspecified atom stereocenters. The third-order valence-electron chi connectivity index (χ3n) is 3.13. The predicted octanol–water partition coefficient (Wildman–Crippen LogP) is 3.24. The number of rotatable bonds is 9. The van der Waals surface area contributed by atoms with Crippen molar-refractivity contribution in [2.75, 3.05) is 26.3 Å². The molecular weight excluding hydrogens is 397 g/mol. The Bertz CT molecular complexity index is 394. The van der Waals surface area contributed by atoms with Gasteiger partial charge in [-0.15, -0.1) is 35.3 Å². The normalized spacial score (nSPS) is 14.6. The summed E-state index contributed by atoms with van der Waals surface area (Å²) in [7, 11) is 0. The number of guanidine groups is 1. The molecule has 6 heteroatoms. The molecule has 120 valence electrons. The molecular formula is C15H26IN3OS. The lowest BCUT2D eigenvalue weighted by molar-refractivity contribution is 0.123. The zero-order chi connectivity index (χ0) is 14.0. The minimum atomic E-state index is 0. The third-order valence-corrected chi connectivity index (χ3v) is 3.99. The second kappa shape index (κ2) is 11.3. The summed E-state index contributed by atoms with van der Waals surface area (Å²) >= 11 is 1.74. The highest BCUT2D eigenvalue weighted by molar-refractivity contribution is 14.0. The van der Waals surface area contributed by atoms with Crippen molar-refractivity contribution in [3.8, 4) is 0 Å². The van der Waals surface area contributed by atoms with E-state index in [-0.39, 0.29) is 24.0 Å². The second-order valence-electron chi connectivity index (χ2n) is 5.07. The molecule has 1 aliphatic rings. The lowest BCUT2D eigenvalue weighted by atomic mass is 10.4. The first-order valence-corrected chi connectivity index (χ1v) is 8.38. The quantitative estimate of drug-likeness (QED) is 0.278. The van der Waals surface area contributed by atoms with E-state index in [0.29, 0.717) is 0 Å². The van der Waals surface area contributed by atoms with Crippen LogP contribution in [0.1, 0.15) is 31.1 Å². The van der Waals surface area contributed by atoms with E-state index in [1.54, 1.807) is 11.3 Å². The smallest absolute Gasteiger partial charge is 0.191 e. The molecule has 1 aromatic rings. The fourth-order valence-electron chi connectivity index (χ4n) is 1.82. The van der Waals surface area contributed by atoms with Crippen molar-refractivity contribution in [3.63, 3.8) is 0 Å². The number of thiophene rings is 1. The van der Waals surface area contributed by atoms with Crippen molar-refractivity contribution in [1.82, 2.24) is 10.6 Å². The van der Waals surface area contributed by atoms with Crippen LogP contribution in [0.4, 0.5) is 0 Å². The van der Waals surface area contributed by atoms with Gasteiger partial charge >= 0.3 is 0 Å². The minimum Gasteiger partial charge on any atom is -0.381 e. The predicted molar refractivity (Wildman–Crippen MR) is 101 cm³/mol. The Morgan fingerprint density at radius 3 is 2.95 bits per heavy atom. The fourth-order valence-corrected chi connectivity index (χ4v) is 2.44. The third kappa shape index (κ3) is 8.63. The number of hydrogen-bond acceptors (Lipinski definition) is 3. The maximum Gasteiger partial charge on any atom is 0.191 e. The molecule has 0 aliphatic heterocycles. The summed E-state index contributed by atoms with van der Waals surface area (Å²) in [6, 6.07) is 4.18. The van der Waals surface area contributed by atoms with Gasteiger partial charge < -0.3 is 15.4 Å². The first-order chi connectivity index (χ1) is 9.88. The molecule has 0 aromatic carbocycles. The number of nitrogens with zero attached hydrogens (tertiary/aromatic N) is 1. The van der Waals surface area contributed by atoms with Crippen molar-refractivity contribution in [2.24, 2.45) is 10.9 Å². The number of nitrogens with one attached hydrogen (secondary N) is 2. The van der Waals surface area contributed by atoms with Crippen molar-refractivity contribution in [1.29, 1.82) is 0 Å². The Morgan fingerprint density at radius 1 is 1.43 bits per heavy atom. The van der Waals surface area contributed by atoms with Gasteiger partial charge in [-0.25, -0.2) is 4.99 Å². The van der Waals surface area contributed by atoms with Crippen LogP contribution in [0, 0.1) is 5.92 Å². The van der Waals surface area contributed by atoms with Gasteiger partial charge in [0.25, 0.3) is 0 Å². The zero-order valence-electron chi connectivity index (χ0n) is 12.6. The van der Waals surface area contributed by atoms with E-state index < -0.39 is 0 Å². The molecule has 21 heavy (non-hydrogen) atoms. The molecule has 0 saturated heterocycles. The molecule has 0 bridgehead atoms. The molecule has 1 aromatic heterocycles. The van der Waals surface area contributed by atoms with Crippen molar-refractivity contribution < 1.29 is 4.74 Å². The minimum absolute atomic E-state index is 0. The van der Waals surface area contributed by atoms with Gasteiger partial charge in [-0.2, -0.15) is 0 Å². The van der Waals surface area contributed by atoms with Gasteiger partial charge in [0.15, 0.2) is 5.96 Å². The molecule has 0 amide bonds. The first kappa shape index (κ1) is 18.7. The summed E-state index contributed by atoms with van der Waals surface area (Å²) in [6.45, 7) is 6.40.